The Morgan fingerprint density at radius 3 is 2.67 bits per heavy atom. The number of hydrogen-bond acceptors (Lipinski definition) is 1. The molecule has 74 valence electrons. The number of nitrogens with zero attached hydrogens (tertiary/aromatic N) is 1. The fourth-order valence-electron chi connectivity index (χ4n) is 1.55. The third-order valence-electron chi connectivity index (χ3n) is 2.24. The molecule has 1 aromatic heterocycles. The van der Waals surface area contributed by atoms with Gasteiger partial charge in [0.05, 0.1) is 0 Å². The van der Waals surface area contributed by atoms with Crippen molar-refractivity contribution in [2.24, 2.45) is 0 Å². The van der Waals surface area contributed by atoms with Gasteiger partial charge in [0.15, 0.2) is 0 Å². The van der Waals surface area contributed by atoms with Crippen molar-refractivity contribution in [1.29, 1.82) is 0 Å². The molecule has 2 aromatic rings. The Morgan fingerprint density at radius 2 is 1.93 bits per heavy atom. The molecule has 0 aliphatic carbocycles. The summed E-state index contributed by atoms with van der Waals surface area (Å²) in [6, 6.07) is 12.5. The Kier molecular flexibility index (Phi) is 2.93. The second-order valence-electron chi connectivity index (χ2n) is 3.37. The van der Waals surface area contributed by atoms with Crippen molar-refractivity contribution in [2.75, 3.05) is 0 Å². The highest BCUT2D eigenvalue weighted by atomic mass is 14.6. The Morgan fingerprint density at radius 1 is 1.07 bits per heavy atom. The third-order valence-corrected chi connectivity index (χ3v) is 2.24. The lowest BCUT2D eigenvalue weighted by Crippen LogP contribution is -1.80. The second kappa shape index (κ2) is 4.56. The molecule has 0 aliphatic heterocycles. The van der Waals surface area contributed by atoms with Gasteiger partial charge in [0.2, 0.25) is 0 Å². The summed E-state index contributed by atoms with van der Waals surface area (Å²) in [5.74, 6) is 0. The molecule has 0 unspecified atom stereocenters. The van der Waals surface area contributed by atoms with Gasteiger partial charge >= 0.3 is 0 Å². The molecule has 0 fully saturated rings. The fourth-order valence-corrected chi connectivity index (χ4v) is 1.55. The largest absolute Gasteiger partial charge is 0.264 e. The summed E-state index contributed by atoms with van der Waals surface area (Å²) in [6.07, 6.45) is 7.82. The van der Waals surface area contributed by atoms with Crippen molar-refractivity contribution >= 4 is 6.08 Å². The van der Waals surface area contributed by atoms with Crippen LogP contribution in [0.15, 0.2) is 54.9 Å². The molecule has 1 nitrogen and oxygen atoms in total. The van der Waals surface area contributed by atoms with Crippen molar-refractivity contribution in [2.45, 2.75) is 6.92 Å². The van der Waals surface area contributed by atoms with Crippen LogP contribution in [0.3, 0.4) is 0 Å². The maximum Gasteiger partial charge on any atom is 0.0346 e. The molecule has 2 rings (SSSR count). The normalized spacial score (nSPS) is 10.7. The van der Waals surface area contributed by atoms with E-state index in [1.807, 2.05) is 25.3 Å². The number of allylic oxidation sites excluding steroid dienone is 1. The molecule has 15 heavy (non-hydrogen) atoms. The van der Waals surface area contributed by atoms with Crippen LogP contribution >= 0.6 is 0 Å². The Balaban J connectivity index is 2.41. The van der Waals surface area contributed by atoms with Crippen molar-refractivity contribution in [3.05, 3.63) is 60.4 Å². The maximum absolute atomic E-state index is 4.12. The molecule has 0 bridgehead atoms. The summed E-state index contributed by atoms with van der Waals surface area (Å²) in [5.41, 5.74) is 3.58. The van der Waals surface area contributed by atoms with E-state index in [-0.39, 0.29) is 0 Å². The van der Waals surface area contributed by atoms with E-state index >= 15 is 0 Å². The van der Waals surface area contributed by atoms with Gasteiger partial charge in [0.1, 0.15) is 0 Å². The molecule has 0 atom stereocenters. The molecule has 0 saturated carbocycles. The molecule has 0 amide bonds. The van der Waals surface area contributed by atoms with Gasteiger partial charge < -0.3 is 0 Å². The molecule has 1 heteroatoms. The quantitative estimate of drug-likeness (QED) is 0.710. The Hall–Kier alpha value is -1.89. The molecule has 0 N–H and O–H groups in total. The van der Waals surface area contributed by atoms with E-state index < -0.39 is 0 Å². The second-order valence-corrected chi connectivity index (χ2v) is 3.37. The predicted molar refractivity (Wildman–Crippen MR) is 64.4 cm³/mol. The molecule has 0 saturated heterocycles. The van der Waals surface area contributed by atoms with Gasteiger partial charge in [-0.3, -0.25) is 4.98 Å². The molecule has 0 spiro atoms. The Labute approximate surface area is 90.1 Å². The van der Waals surface area contributed by atoms with Crippen molar-refractivity contribution in [3.63, 3.8) is 0 Å². The average molecular weight is 195 g/mol. The van der Waals surface area contributed by atoms with E-state index in [9.17, 15) is 0 Å². The zero-order valence-corrected chi connectivity index (χ0v) is 8.72. The van der Waals surface area contributed by atoms with Gasteiger partial charge in [-0.05, 0) is 30.2 Å². The standard InChI is InChI=1S/C14H13N/c1-2-5-12-6-3-7-13(10-12)14-8-4-9-15-11-14/h2-11H,1H3/b5-2+. The minimum atomic E-state index is 1.16. The minimum absolute atomic E-state index is 1.16. The van der Waals surface area contributed by atoms with E-state index in [0.29, 0.717) is 0 Å². The highest BCUT2D eigenvalue weighted by Gasteiger charge is 1.96. The summed E-state index contributed by atoms with van der Waals surface area (Å²) in [4.78, 5) is 4.12. The lowest BCUT2D eigenvalue weighted by molar-refractivity contribution is 1.33. The van der Waals surface area contributed by atoms with Crippen LogP contribution in [0.4, 0.5) is 0 Å². The first-order valence-electron chi connectivity index (χ1n) is 5.03. The fraction of sp³-hybridized carbons (Fsp3) is 0.0714. The van der Waals surface area contributed by atoms with Gasteiger partial charge in [-0.2, -0.15) is 0 Å². The van der Waals surface area contributed by atoms with E-state index in [2.05, 4.69) is 41.4 Å². The number of aromatic nitrogens is 1. The van der Waals surface area contributed by atoms with Gasteiger partial charge in [-0.25, -0.2) is 0 Å². The van der Waals surface area contributed by atoms with Crippen LogP contribution < -0.4 is 0 Å². The average Bonchev–Trinajstić information content (AvgIpc) is 2.31. The highest BCUT2D eigenvalue weighted by Crippen LogP contribution is 2.19. The van der Waals surface area contributed by atoms with Crippen molar-refractivity contribution in [1.82, 2.24) is 4.98 Å². The first kappa shape index (κ1) is 9.66. The van der Waals surface area contributed by atoms with E-state index in [0.717, 1.165) is 5.56 Å². The smallest absolute Gasteiger partial charge is 0.0346 e. The van der Waals surface area contributed by atoms with Gasteiger partial charge in [0.25, 0.3) is 0 Å². The molecule has 0 aliphatic rings. The van der Waals surface area contributed by atoms with E-state index in [1.165, 1.54) is 11.1 Å². The number of rotatable bonds is 2. The predicted octanol–water partition coefficient (Wildman–Crippen LogP) is 3.78. The Bertz CT molecular complexity index is 458. The van der Waals surface area contributed by atoms with Crippen LogP contribution in [0.25, 0.3) is 17.2 Å². The number of benzene rings is 1. The molecule has 1 aromatic carbocycles. The topological polar surface area (TPSA) is 12.9 Å². The zero-order valence-electron chi connectivity index (χ0n) is 8.72. The number of hydrogen-bond donors (Lipinski definition) is 0. The monoisotopic (exact) mass is 195 g/mol. The van der Waals surface area contributed by atoms with E-state index in [4.69, 9.17) is 0 Å². The van der Waals surface area contributed by atoms with Crippen LogP contribution in [-0.4, -0.2) is 4.98 Å². The summed E-state index contributed by atoms with van der Waals surface area (Å²) in [5, 5.41) is 0. The van der Waals surface area contributed by atoms with Crippen molar-refractivity contribution in [3.8, 4) is 11.1 Å². The zero-order chi connectivity index (χ0) is 10.5. The molecule has 0 radical (unpaired) electrons. The molecular weight excluding hydrogens is 182 g/mol. The highest BCUT2D eigenvalue weighted by molar-refractivity contribution is 5.66. The first-order valence-corrected chi connectivity index (χ1v) is 5.03. The van der Waals surface area contributed by atoms with Gasteiger partial charge in [-0.15, -0.1) is 0 Å². The number of pyridine rings is 1. The summed E-state index contributed by atoms with van der Waals surface area (Å²) >= 11 is 0. The third kappa shape index (κ3) is 2.32. The van der Waals surface area contributed by atoms with Crippen molar-refractivity contribution < 1.29 is 0 Å². The lowest BCUT2D eigenvalue weighted by Gasteiger charge is -2.01. The molecular formula is C14H13N. The van der Waals surface area contributed by atoms with Crippen LogP contribution in [0, 0.1) is 0 Å². The maximum atomic E-state index is 4.12. The van der Waals surface area contributed by atoms with Crippen LogP contribution in [-0.2, 0) is 0 Å². The first-order chi connectivity index (χ1) is 7.40. The van der Waals surface area contributed by atoms with Crippen LogP contribution in [0.1, 0.15) is 12.5 Å². The minimum Gasteiger partial charge on any atom is -0.264 e. The van der Waals surface area contributed by atoms with Crippen LogP contribution in [0.5, 0.6) is 0 Å². The summed E-state index contributed by atoms with van der Waals surface area (Å²) < 4.78 is 0. The van der Waals surface area contributed by atoms with Gasteiger partial charge in [-0.1, -0.05) is 36.4 Å². The summed E-state index contributed by atoms with van der Waals surface area (Å²) in [7, 11) is 0. The SMILES string of the molecule is C/C=C/c1cccc(-c2cccnc2)c1. The lowest BCUT2D eigenvalue weighted by atomic mass is 10.0. The molecule has 1 heterocycles. The van der Waals surface area contributed by atoms with Gasteiger partial charge in [0, 0.05) is 18.0 Å². The van der Waals surface area contributed by atoms with E-state index in [1.54, 1.807) is 6.20 Å². The van der Waals surface area contributed by atoms with Crippen LogP contribution in [0.2, 0.25) is 0 Å². The summed E-state index contributed by atoms with van der Waals surface area (Å²) in [6.45, 7) is 2.02.